The Kier molecular flexibility index (Phi) is 6.63. The maximum Gasteiger partial charge on any atom is 0.223 e. The van der Waals surface area contributed by atoms with E-state index in [9.17, 15) is 13.2 Å². The van der Waals surface area contributed by atoms with Crippen molar-refractivity contribution in [2.45, 2.75) is 44.0 Å². The highest BCUT2D eigenvalue weighted by molar-refractivity contribution is 7.90. The number of rotatable bonds is 6. The monoisotopic (exact) mass is 366 g/mol. The fourth-order valence-corrected chi connectivity index (χ4v) is 4.06. The van der Waals surface area contributed by atoms with E-state index >= 15 is 0 Å². The molecule has 0 saturated carbocycles. The normalized spacial score (nSPS) is 18.6. The summed E-state index contributed by atoms with van der Waals surface area (Å²) in [5, 5.41) is 3.36. The molecule has 1 aliphatic heterocycles. The zero-order valence-corrected chi connectivity index (χ0v) is 16.5. The van der Waals surface area contributed by atoms with E-state index < -0.39 is 9.84 Å². The van der Waals surface area contributed by atoms with E-state index in [0.29, 0.717) is 23.2 Å². The van der Waals surface area contributed by atoms with Gasteiger partial charge in [-0.3, -0.25) is 4.79 Å². The molecule has 2 atom stereocenters. The molecule has 1 N–H and O–H groups in total. The van der Waals surface area contributed by atoms with Crippen molar-refractivity contribution in [1.82, 2.24) is 10.2 Å². The molecule has 0 spiro atoms. The Morgan fingerprint density at radius 2 is 1.76 bits per heavy atom. The van der Waals surface area contributed by atoms with Crippen LogP contribution in [0.5, 0.6) is 0 Å². The Labute approximate surface area is 151 Å². The van der Waals surface area contributed by atoms with Gasteiger partial charge in [0.1, 0.15) is 0 Å². The van der Waals surface area contributed by atoms with Crippen molar-refractivity contribution in [3.63, 3.8) is 0 Å². The highest BCUT2D eigenvalue weighted by atomic mass is 32.2. The quantitative estimate of drug-likeness (QED) is 0.840. The van der Waals surface area contributed by atoms with Gasteiger partial charge < -0.3 is 10.2 Å². The molecule has 1 fully saturated rings. The maximum atomic E-state index is 12.7. The van der Waals surface area contributed by atoms with Crippen LogP contribution in [0.2, 0.25) is 0 Å². The third kappa shape index (κ3) is 5.28. The molecule has 140 valence electrons. The van der Waals surface area contributed by atoms with Crippen LogP contribution in [0.25, 0.3) is 0 Å². The number of hydrogen-bond acceptors (Lipinski definition) is 4. The summed E-state index contributed by atoms with van der Waals surface area (Å²) >= 11 is 0. The summed E-state index contributed by atoms with van der Waals surface area (Å²) < 4.78 is 23.1. The minimum absolute atomic E-state index is 0.0821. The average Bonchev–Trinajstić information content (AvgIpc) is 2.60. The van der Waals surface area contributed by atoms with Crippen molar-refractivity contribution in [1.29, 1.82) is 0 Å². The first-order valence-corrected chi connectivity index (χ1v) is 10.9. The molecule has 0 bridgehead atoms. The standard InChI is InChI=1S/C19H30N2O3S/c1-14(16-9-11-20-12-10-16)13-19(22)21(3)15(2)17-5-7-18(8-6-17)25(4,23)24/h5-8,14-16,20H,9-13H2,1-4H3. The van der Waals surface area contributed by atoms with Crippen molar-refractivity contribution in [2.24, 2.45) is 11.8 Å². The molecule has 1 aromatic rings. The predicted octanol–water partition coefficient (Wildman–Crippen LogP) is 2.64. The highest BCUT2D eigenvalue weighted by Gasteiger charge is 2.25. The summed E-state index contributed by atoms with van der Waals surface area (Å²) in [6.45, 7) is 6.24. The number of amides is 1. The molecule has 1 heterocycles. The van der Waals surface area contributed by atoms with Gasteiger partial charge in [-0.25, -0.2) is 8.42 Å². The first kappa shape index (κ1) is 19.9. The molecule has 6 heteroatoms. The number of benzene rings is 1. The van der Waals surface area contributed by atoms with E-state index in [4.69, 9.17) is 0 Å². The van der Waals surface area contributed by atoms with Gasteiger partial charge in [0, 0.05) is 19.7 Å². The van der Waals surface area contributed by atoms with Gasteiger partial charge in [-0.15, -0.1) is 0 Å². The van der Waals surface area contributed by atoms with Gasteiger partial charge >= 0.3 is 0 Å². The first-order chi connectivity index (χ1) is 11.7. The van der Waals surface area contributed by atoms with Crippen molar-refractivity contribution >= 4 is 15.7 Å². The van der Waals surface area contributed by atoms with Crippen LogP contribution in [0.15, 0.2) is 29.2 Å². The van der Waals surface area contributed by atoms with E-state index in [1.165, 1.54) is 6.26 Å². The third-order valence-electron chi connectivity index (χ3n) is 5.45. The molecule has 1 amide bonds. The summed E-state index contributed by atoms with van der Waals surface area (Å²) in [4.78, 5) is 14.7. The van der Waals surface area contributed by atoms with E-state index in [1.807, 2.05) is 14.0 Å². The zero-order valence-electron chi connectivity index (χ0n) is 15.7. The molecular weight excluding hydrogens is 336 g/mol. The van der Waals surface area contributed by atoms with Crippen LogP contribution in [-0.4, -0.2) is 45.6 Å². The van der Waals surface area contributed by atoms with Crippen LogP contribution in [0, 0.1) is 11.8 Å². The van der Waals surface area contributed by atoms with E-state index in [0.717, 1.165) is 31.5 Å². The molecule has 1 aliphatic rings. The second-order valence-corrected chi connectivity index (χ2v) is 9.31. The summed E-state index contributed by atoms with van der Waals surface area (Å²) in [5.74, 6) is 1.14. The second-order valence-electron chi connectivity index (χ2n) is 7.29. The minimum atomic E-state index is -3.20. The fraction of sp³-hybridized carbons (Fsp3) is 0.632. The number of carbonyl (C=O) groups excluding carboxylic acids is 1. The summed E-state index contributed by atoms with van der Waals surface area (Å²) in [6, 6.07) is 6.72. The van der Waals surface area contributed by atoms with Crippen molar-refractivity contribution in [2.75, 3.05) is 26.4 Å². The first-order valence-electron chi connectivity index (χ1n) is 8.96. The van der Waals surface area contributed by atoms with Gasteiger partial charge in [0.2, 0.25) is 5.91 Å². The van der Waals surface area contributed by atoms with Gasteiger partial charge in [-0.05, 0) is 62.4 Å². The van der Waals surface area contributed by atoms with Crippen LogP contribution in [0.1, 0.15) is 44.7 Å². The Bertz CT molecular complexity index is 679. The van der Waals surface area contributed by atoms with Crippen molar-refractivity contribution in [3.05, 3.63) is 29.8 Å². The van der Waals surface area contributed by atoms with Gasteiger partial charge in [0.15, 0.2) is 9.84 Å². The lowest BCUT2D eigenvalue weighted by molar-refractivity contribution is -0.133. The number of nitrogens with one attached hydrogen (secondary N) is 1. The average molecular weight is 367 g/mol. The minimum Gasteiger partial charge on any atom is -0.339 e. The molecule has 2 unspecified atom stereocenters. The Hall–Kier alpha value is -1.40. The van der Waals surface area contributed by atoms with E-state index in [2.05, 4.69) is 12.2 Å². The van der Waals surface area contributed by atoms with Crippen LogP contribution in [0.3, 0.4) is 0 Å². The molecule has 25 heavy (non-hydrogen) atoms. The lowest BCUT2D eigenvalue weighted by atomic mass is 9.84. The van der Waals surface area contributed by atoms with Gasteiger partial charge in [0.25, 0.3) is 0 Å². The van der Waals surface area contributed by atoms with Gasteiger partial charge in [0.05, 0.1) is 10.9 Å². The van der Waals surface area contributed by atoms with Crippen LogP contribution < -0.4 is 5.32 Å². The topological polar surface area (TPSA) is 66.5 Å². The molecule has 0 radical (unpaired) electrons. The smallest absolute Gasteiger partial charge is 0.223 e. The van der Waals surface area contributed by atoms with Gasteiger partial charge in [-0.2, -0.15) is 0 Å². The zero-order chi connectivity index (χ0) is 18.6. The Morgan fingerprint density at radius 3 is 2.28 bits per heavy atom. The Morgan fingerprint density at radius 1 is 1.20 bits per heavy atom. The number of nitrogens with zero attached hydrogens (tertiary/aromatic N) is 1. The fourth-order valence-electron chi connectivity index (χ4n) is 3.43. The number of piperidine rings is 1. The Balaban J connectivity index is 1.98. The number of hydrogen-bond donors (Lipinski definition) is 1. The number of sulfone groups is 1. The van der Waals surface area contributed by atoms with Gasteiger partial charge in [-0.1, -0.05) is 19.1 Å². The van der Waals surface area contributed by atoms with Crippen LogP contribution in [-0.2, 0) is 14.6 Å². The van der Waals surface area contributed by atoms with E-state index in [-0.39, 0.29) is 11.9 Å². The second kappa shape index (κ2) is 8.32. The van der Waals surface area contributed by atoms with Crippen LogP contribution >= 0.6 is 0 Å². The highest BCUT2D eigenvalue weighted by Crippen LogP contribution is 2.27. The summed E-state index contributed by atoms with van der Waals surface area (Å²) in [5.41, 5.74) is 0.942. The molecule has 0 aliphatic carbocycles. The molecule has 5 nitrogen and oxygen atoms in total. The lowest BCUT2D eigenvalue weighted by Crippen LogP contribution is -2.35. The summed E-state index contributed by atoms with van der Waals surface area (Å²) in [7, 11) is -1.37. The third-order valence-corrected chi connectivity index (χ3v) is 6.58. The van der Waals surface area contributed by atoms with E-state index in [1.54, 1.807) is 29.2 Å². The largest absolute Gasteiger partial charge is 0.339 e. The SMILES string of the molecule is CC(CC(=O)N(C)C(C)c1ccc(S(C)(=O)=O)cc1)C1CCNCC1. The molecular formula is C19H30N2O3S. The van der Waals surface area contributed by atoms with Crippen molar-refractivity contribution < 1.29 is 13.2 Å². The molecule has 1 aromatic carbocycles. The van der Waals surface area contributed by atoms with Crippen LogP contribution in [0.4, 0.5) is 0 Å². The lowest BCUT2D eigenvalue weighted by Gasteiger charge is -2.31. The maximum absolute atomic E-state index is 12.7. The molecule has 0 aromatic heterocycles. The summed E-state index contributed by atoms with van der Waals surface area (Å²) in [6.07, 6.45) is 4.04. The molecule has 1 saturated heterocycles. The van der Waals surface area contributed by atoms with Crippen molar-refractivity contribution in [3.8, 4) is 0 Å². The molecule has 2 rings (SSSR count). The number of carbonyl (C=O) groups is 1. The predicted molar refractivity (Wildman–Crippen MR) is 100 cm³/mol.